The third-order valence-corrected chi connectivity index (χ3v) is 9.54. The Kier molecular flexibility index (Phi) is 5.94. The second-order valence-electron chi connectivity index (χ2n) is 11.6. The predicted octanol–water partition coefficient (Wildman–Crippen LogP) is 9.15. The minimum absolute atomic E-state index is 0. The molecule has 8 rings (SSSR count). The van der Waals surface area contributed by atoms with Crippen molar-refractivity contribution in [1.29, 1.82) is 0 Å². The van der Waals surface area contributed by atoms with Crippen molar-refractivity contribution >= 4 is 57.4 Å². The molecule has 0 unspecified atom stereocenters. The van der Waals surface area contributed by atoms with Crippen LogP contribution in [0.25, 0.3) is 66.7 Å². The van der Waals surface area contributed by atoms with E-state index in [4.69, 9.17) is 21.2 Å². The molecule has 2 aromatic carbocycles. The molecule has 1 radical (unpaired) electrons. The molecular weight excluding hydrogens is 765 g/mol. The van der Waals surface area contributed by atoms with Crippen molar-refractivity contribution in [3.8, 4) is 22.5 Å². The third kappa shape index (κ3) is 5.80. The zero-order valence-corrected chi connectivity index (χ0v) is 28.4. The van der Waals surface area contributed by atoms with Crippen LogP contribution in [-0.4, -0.2) is 28.0 Å². The van der Waals surface area contributed by atoms with E-state index in [2.05, 4.69) is 64.0 Å². The summed E-state index contributed by atoms with van der Waals surface area (Å²) in [5.74, 6) is 0. The largest absolute Gasteiger partial charge is 0.499 e. The molecule has 6 aromatic heterocycles. The van der Waals surface area contributed by atoms with Crippen LogP contribution < -0.4 is 5.19 Å². The number of rotatable bonds is 3. The molecule has 0 aliphatic heterocycles. The molecule has 6 nitrogen and oxygen atoms in total. The first-order valence-corrected chi connectivity index (χ1v) is 17.7. The average molecular weight is 806 g/mol. The molecular formula is C38H32IrN4O2Si-2. The summed E-state index contributed by atoms with van der Waals surface area (Å²) in [5, 5.41) is 2.22. The van der Waals surface area contributed by atoms with E-state index >= 15 is 0 Å². The molecule has 46 heavy (non-hydrogen) atoms. The van der Waals surface area contributed by atoms with Crippen molar-refractivity contribution in [2.24, 2.45) is 0 Å². The predicted molar refractivity (Wildman–Crippen MR) is 184 cm³/mol. The van der Waals surface area contributed by atoms with Gasteiger partial charge in [0, 0.05) is 56.3 Å². The first-order chi connectivity index (χ1) is 25.3. The molecule has 0 atom stereocenters. The number of hydrogen-bond donors (Lipinski definition) is 0. The van der Waals surface area contributed by atoms with Gasteiger partial charge in [-0.2, -0.15) is 0 Å². The summed E-state index contributed by atoms with van der Waals surface area (Å²) in [6.45, 7) is -1.12. The van der Waals surface area contributed by atoms with Gasteiger partial charge in [-0.25, -0.2) is 4.98 Å². The zero-order chi connectivity index (χ0) is 38.8. The number of aryl methyl sites for hydroxylation is 3. The summed E-state index contributed by atoms with van der Waals surface area (Å²) in [4.78, 5) is 17.4. The molecule has 0 saturated carbocycles. The van der Waals surface area contributed by atoms with Crippen molar-refractivity contribution in [2.45, 2.75) is 40.2 Å². The van der Waals surface area contributed by atoms with E-state index in [1.807, 2.05) is 48.7 Å². The first kappa shape index (κ1) is 22.1. The smallest absolute Gasteiger partial charge is 0.157 e. The van der Waals surface area contributed by atoms with E-state index in [-0.39, 0.29) is 59.1 Å². The standard InChI is InChI=1S/C24H16N3O2.C14H16NSi.Ir/c1-12-8-17(26-10-13(12)2)16-11-25-14(3)21-23-20(29-24(16)21)9-19-22(27-23)15-6-4-5-7-18(15)28-19;1-16(2,3)13-9-10-14(15-11-13)12-7-5-4-6-8-12;/h4-10H,1-3H3;4-7,9-11H,1-3H3;/q2*-1;/i1D3,2D3,3D3;;. The molecule has 8 heteroatoms. The monoisotopic (exact) mass is 806 g/mol. The quantitative estimate of drug-likeness (QED) is 0.131. The van der Waals surface area contributed by atoms with Crippen LogP contribution in [0.1, 0.15) is 29.2 Å². The third-order valence-electron chi connectivity index (χ3n) is 7.51. The second-order valence-corrected chi connectivity index (χ2v) is 16.7. The molecule has 0 amide bonds. The summed E-state index contributed by atoms with van der Waals surface area (Å²) in [6, 6.07) is 25.4. The van der Waals surface area contributed by atoms with E-state index in [1.165, 1.54) is 5.19 Å². The summed E-state index contributed by atoms with van der Waals surface area (Å²) in [6.07, 6.45) is 5.61. The number of furan rings is 2. The summed E-state index contributed by atoms with van der Waals surface area (Å²) in [7, 11) is -1.23. The van der Waals surface area contributed by atoms with Crippen LogP contribution in [0.2, 0.25) is 19.6 Å². The van der Waals surface area contributed by atoms with Gasteiger partial charge in [-0.15, -0.1) is 35.9 Å². The van der Waals surface area contributed by atoms with Crippen molar-refractivity contribution in [3.63, 3.8) is 0 Å². The van der Waals surface area contributed by atoms with Gasteiger partial charge in [0.05, 0.1) is 19.2 Å². The Hall–Kier alpha value is -4.49. The molecule has 0 N–H and O–H groups in total. The van der Waals surface area contributed by atoms with Gasteiger partial charge in [0.2, 0.25) is 0 Å². The van der Waals surface area contributed by atoms with E-state index in [1.54, 1.807) is 12.1 Å². The van der Waals surface area contributed by atoms with E-state index < -0.39 is 39.8 Å². The maximum Gasteiger partial charge on any atom is 0.157 e. The van der Waals surface area contributed by atoms with Gasteiger partial charge in [-0.1, -0.05) is 68.0 Å². The number of pyridine rings is 4. The van der Waals surface area contributed by atoms with Crippen LogP contribution in [-0.2, 0) is 20.1 Å². The Morgan fingerprint density at radius 1 is 0.761 bits per heavy atom. The fourth-order valence-electron chi connectivity index (χ4n) is 5.07. The Bertz CT molecular complexity index is 2670. The molecule has 0 saturated heterocycles. The average Bonchev–Trinajstić information content (AvgIpc) is 3.67. The molecule has 8 aromatic rings. The normalized spacial score (nSPS) is 15.2. The van der Waals surface area contributed by atoms with Crippen LogP contribution in [0, 0.1) is 32.8 Å². The van der Waals surface area contributed by atoms with Crippen molar-refractivity contribution in [1.82, 2.24) is 19.9 Å². The Labute approximate surface area is 294 Å². The van der Waals surface area contributed by atoms with Gasteiger partial charge in [-0.05, 0) is 65.3 Å². The van der Waals surface area contributed by atoms with Crippen molar-refractivity contribution < 1.29 is 41.3 Å². The maximum absolute atomic E-state index is 8.03. The fourth-order valence-corrected chi connectivity index (χ4v) is 6.11. The summed E-state index contributed by atoms with van der Waals surface area (Å²) < 4.78 is 82.8. The Balaban J connectivity index is 0.000000254. The van der Waals surface area contributed by atoms with Crippen LogP contribution >= 0.6 is 0 Å². The van der Waals surface area contributed by atoms with Crippen LogP contribution in [0.3, 0.4) is 0 Å². The SMILES string of the molecule is C[Si](C)(C)c1ccc(-c2[c-]cccc2)nc1.[2H]C([2H])([2H])c1cnc(-c2[c-]nc(C([2H])([2H])[2H])c3c2oc2cc4oc5ccccc5c4nc23)cc1C([2H])([2H])[2H].[Ir]. The van der Waals surface area contributed by atoms with E-state index in [0.717, 1.165) is 28.9 Å². The van der Waals surface area contributed by atoms with E-state index in [9.17, 15) is 0 Å². The van der Waals surface area contributed by atoms with Gasteiger partial charge < -0.3 is 23.8 Å². The van der Waals surface area contributed by atoms with Gasteiger partial charge in [0.25, 0.3) is 0 Å². The first-order valence-electron chi connectivity index (χ1n) is 18.7. The molecule has 0 aliphatic carbocycles. The van der Waals surface area contributed by atoms with Crippen LogP contribution in [0.4, 0.5) is 0 Å². The number of fused-ring (bicyclic) bond motifs is 6. The molecule has 0 bridgehead atoms. The van der Waals surface area contributed by atoms with E-state index in [0.29, 0.717) is 16.7 Å². The second kappa shape index (κ2) is 12.4. The topological polar surface area (TPSA) is 77.8 Å². The molecule has 0 fully saturated rings. The molecule has 231 valence electrons. The zero-order valence-electron chi connectivity index (χ0n) is 34.0. The minimum Gasteiger partial charge on any atom is -0.499 e. The van der Waals surface area contributed by atoms with Gasteiger partial charge in [0.15, 0.2) is 5.58 Å². The number of benzene rings is 2. The molecule has 0 aliphatic rings. The van der Waals surface area contributed by atoms with Crippen molar-refractivity contribution in [2.75, 3.05) is 0 Å². The van der Waals surface area contributed by atoms with Gasteiger partial charge >= 0.3 is 0 Å². The summed E-state index contributed by atoms with van der Waals surface area (Å²) >= 11 is 0. The van der Waals surface area contributed by atoms with Crippen molar-refractivity contribution in [3.05, 3.63) is 114 Å². The van der Waals surface area contributed by atoms with Gasteiger partial charge in [0.1, 0.15) is 16.7 Å². The molecule has 0 spiro atoms. The van der Waals surface area contributed by atoms with Crippen LogP contribution in [0.5, 0.6) is 0 Å². The number of hydrogen-bond acceptors (Lipinski definition) is 6. The number of aromatic nitrogens is 4. The minimum atomic E-state index is -2.76. The summed E-state index contributed by atoms with van der Waals surface area (Å²) in [5.41, 5.74) is 3.01. The fraction of sp³-hybridized carbons (Fsp3) is 0.158. The van der Waals surface area contributed by atoms with Crippen LogP contribution in [0.15, 0.2) is 94.0 Å². The van der Waals surface area contributed by atoms with Gasteiger partial charge in [-0.3, -0.25) is 0 Å². The Morgan fingerprint density at radius 3 is 2.30 bits per heavy atom. The number of nitrogens with zero attached hydrogens (tertiary/aromatic N) is 4. The number of para-hydroxylation sites is 1. The molecule has 6 heterocycles. The Morgan fingerprint density at radius 2 is 1.57 bits per heavy atom. The maximum atomic E-state index is 8.03.